The van der Waals surface area contributed by atoms with E-state index in [1.54, 1.807) is 11.9 Å². The molecule has 0 bridgehead atoms. The largest absolute Gasteiger partial charge is 0.338 e. The third kappa shape index (κ3) is 3.04. The van der Waals surface area contributed by atoms with E-state index in [2.05, 4.69) is 31.9 Å². The number of nitrogens with zero attached hydrogens (tertiary/aromatic N) is 1. The summed E-state index contributed by atoms with van der Waals surface area (Å²) in [7, 11) is 1.70. The normalized spacial score (nSPS) is 12.3. The van der Waals surface area contributed by atoms with E-state index in [9.17, 15) is 9.18 Å². The molecule has 0 saturated carbocycles. The molecule has 1 rings (SSSR count). The molecule has 1 aromatic rings. The summed E-state index contributed by atoms with van der Waals surface area (Å²) < 4.78 is 13.7. The predicted molar refractivity (Wildman–Crippen MR) is 69.4 cm³/mol. The number of alkyl halides is 1. The number of carbonyl (C=O) groups excluding carboxylic acids is 1. The molecule has 0 aliphatic heterocycles. The maximum Gasteiger partial charge on any atom is 0.255 e. The SMILES string of the molecule is CC(CBr)N(C)C(=O)c1cc(F)ccc1Br. The van der Waals surface area contributed by atoms with E-state index < -0.39 is 5.82 Å². The first-order valence-electron chi connectivity index (χ1n) is 4.75. The number of halogens is 3. The van der Waals surface area contributed by atoms with Crippen LogP contribution in [0.3, 0.4) is 0 Å². The number of hydrogen-bond acceptors (Lipinski definition) is 1. The van der Waals surface area contributed by atoms with Crippen LogP contribution in [0.25, 0.3) is 0 Å². The molecule has 0 spiro atoms. The fourth-order valence-electron chi connectivity index (χ4n) is 1.16. The van der Waals surface area contributed by atoms with Gasteiger partial charge in [0.2, 0.25) is 0 Å². The molecule has 88 valence electrons. The van der Waals surface area contributed by atoms with Crippen molar-refractivity contribution in [2.75, 3.05) is 12.4 Å². The Morgan fingerprint density at radius 2 is 2.19 bits per heavy atom. The van der Waals surface area contributed by atoms with Crippen molar-refractivity contribution in [1.82, 2.24) is 4.90 Å². The Bertz CT molecular complexity index is 398. The molecule has 1 amide bonds. The van der Waals surface area contributed by atoms with Crippen molar-refractivity contribution >= 4 is 37.8 Å². The Labute approximate surface area is 111 Å². The monoisotopic (exact) mass is 351 g/mol. The van der Waals surface area contributed by atoms with Crippen molar-refractivity contribution in [3.63, 3.8) is 0 Å². The summed E-state index contributed by atoms with van der Waals surface area (Å²) >= 11 is 6.55. The number of carbonyl (C=O) groups is 1. The summed E-state index contributed by atoms with van der Waals surface area (Å²) in [4.78, 5) is 13.6. The molecular weight excluding hydrogens is 341 g/mol. The zero-order chi connectivity index (χ0) is 12.3. The summed E-state index contributed by atoms with van der Waals surface area (Å²) in [6, 6.07) is 4.15. The average Bonchev–Trinajstić information content (AvgIpc) is 2.29. The van der Waals surface area contributed by atoms with Crippen molar-refractivity contribution in [2.24, 2.45) is 0 Å². The zero-order valence-electron chi connectivity index (χ0n) is 9.01. The Morgan fingerprint density at radius 3 is 2.75 bits per heavy atom. The van der Waals surface area contributed by atoms with Crippen LogP contribution in [0.15, 0.2) is 22.7 Å². The molecule has 0 fully saturated rings. The topological polar surface area (TPSA) is 20.3 Å². The molecule has 0 aliphatic carbocycles. The Kier molecular flexibility index (Phi) is 4.92. The van der Waals surface area contributed by atoms with Gasteiger partial charge >= 0.3 is 0 Å². The number of rotatable bonds is 3. The molecule has 1 aromatic carbocycles. The summed E-state index contributed by atoms with van der Waals surface area (Å²) in [6.07, 6.45) is 0. The Balaban J connectivity index is 3.00. The summed E-state index contributed by atoms with van der Waals surface area (Å²) in [6.45, 7) is 1.92. The van der Waals surface area contributed by atoms with E-state index in [0.29, 0.717) is 15.4 Å². The summed E-state index contributed by atoms with van der Waals surface area (Å²) in [5.41, 5.74) is 0.343. The van der Waals surface area contributed by atoms with Gasteiger partial charge in [-0.3, -0.25) is 4.79 Å². The van der Waals surface area contributed by atoms with E-state index >= 15 is 0 Å². The molecule has 16 heavy (non-hydrogen) atoms. The predicted octanol–water partition coefficient (Wildman–Crippen LogP) is 3.44. The van der Waals surface area contributed by atoms with Crippen molar-refractivity contribution < 1.29 is 9.18 Å². The van der Waals surface area contributed by atoms with E-state index in [0.717, 1.165) is 0 Å². The summed E-state index contributed by atoms with van der Waals surface area (Å²) in [5, 5.41) is 0.683. The minimum absolute atomic E-state index is 0.0580. The fourth-order valence-corrected chi connectivity index (χ4v) is 2.01. The number of benzene rings is 1. The van der Waals surface area contributed by atoms with Gasteiger partial charge in [-0.1, -0.05) is 15.9 Å². The van der Waals surface area contributed by atoms with Crippen LogP contribution < -0.4 is 0 Å². The first-order chi connectivity index (χ1) is 7.47. The molecule has 0 saturated heterocycles. The minimum atomic E-state index is -0.411. The number of amides is 1. The lowest BCUT2D eigenvalue weighted by Crippen LogP contribution is -2.36. The highest BCUT2D eigenvalue weighted by molar-refractivity contribution is 9.10. The van der Waals surface area contributed by atoms with Gasteiger partial charge in [0.05, 0.1) is 5.56 Å². The van der Waals surface area contributed by atoms with Gasteiger partial charge in [-0.05, 0) is 41.1 Å². The molecule has 1 unspecified atom stereocenters. The van der Waals surface area contributed by atoms with Gasteiger partial charge in [-0.15, -0.1) is 0 Å². The van der Waals surface area contributed by atoms with Crippen LogP contribution >= 0.6 is 31.9 Å². The number of hydrogen-bond donors (Lipinski definition) is 0. The van der Waals surface area contributed by atoms with Crippen LogP contribution in [0.2, 0.25) is 0 Å². The molecule has 5 heteroatoms. The van der Waals surface area contributed by atoms with E-state index in [1.165, 1.54) is 18.2 Å². The van der Waals surface area contributed by atoms with E-state index in [1.807, 2.05) is 6.92 Å². The van der Waals surface area contributed by atoms with E-state index in [-0.39, 0.29) is 11.9 Å². The van der Waals surface area contributed by atoms with Crippen molar-refractivity contribution in [3.8, 4) is 0 Å². The molecule has 0 aromatic heterocycles. The van der Waals surface area contributed by atoms with Gasteiger partial charge in [0.25, 0.3) is 5.91 Å². The van der Waals surface area contributed by atoms with Gasteiger partial charge in [-0.25, -0.2) is 4.39 Å². The van der Waals surface area contributed by atoms with Gasteiger partial charge in [0.15, 0.2) is 0 Å². The summed E-state index contributed by atoms with van der Waals surface area (Å²) in [5.74, 6) is -0.607. The quantitative estimate of drug-likeness (QED) is 0.763. The van der Waals surface area contributed by atoms with Crippen molar-refractivity contribution in [2.45, 2.75) is 13.0 Å². The van der Waals surface area contributed by atoms with Gasteiger partial charge < -0.3 is 4.90 Å². The van der Waals surface area contributed by atoms with Gasteiger partial charge in [0.1, 0.15) is 5.82 Å². The third-order valence-corrected chi connectivity index (χ3v) is 3.99. The van der Waals surface area contributed by atoms with Crippen LogP contribution in [-0.4, -0.2) is 29.2 Å². The molecular formula is C11H12Br2FNO. The standard InChI is InChI=1S/C11H12Br2FNO/c1-7(6-12)15(2)11(16)9-5-8(14)3-4-10(9)13/h3-5,7H,6H2,1-2H3. The van der Waals surface area contributed by atoms with Gasteiger partial charge in [0, 0.05) is 22.9 Å². The lowest BCUT2D eigenvalue weighted by atomic mass is 10.2. The first kappa shape index (κ1) is 13.6. The second-order valence-corrected chi connectivity index (χ2v) is 5.05. The average molecular weight is 353 g/mol. The lowest BCUT2D eigenvalue weighted by molar-refractivity contribution is 0.0756. The minimum Gasteiger partial charge on any atom is -0.338 e. The first-order valence-corrected chi connectivity index (χ1v) is 6.67. The third-order valence-electron chi connectivity index (χ3n) is 2.36. The van der Waals surface area contributed by atoms with Crippen LogP contribution in [0.4, 0.5) is 4.39 Å². The van der Waals surface area contributed by atoms with Crippen LogP contribution in [0.5, 0.6) is 0 Å². The maximum atomic E-state index is 13.1. The molecule has 0 N–H and O–H groups in total. The highest BCUT2D eigenvalue weighted by Gasteiger charge is 2.19. The Morgan fingerprint density at radius 1 is 1.56 bits per heavy atom. The highest BCUT2D eigenvalue weighted by Crippen LogP contribution is 2.20. The fraction of sp³-hybridized carbons (Fsp3) is 0.364. The smallest absolute Gasteiger partial charge is 0.255 e. The second-order valence-electron chi connectivity index (χ2n) is 3.54. The second kappa shape index (κ2) is 5.77. The zero-order valence-corrected chi connectivity index (χ0v) is 12.2. The van der Waals surface area contributed by atoms with Gasteiger partial charge in [-0.2, -0.15) is 0 Å². The van der Waals surface area contributed by atoms with Crippen LogP contribution in [0.1, 0.15) is 17.3 Å². The molecule has 2 nitrogen and oxygen atoms in total. The van der Waals surface area contributed by atoms with Crippen molar-refractivity contribution in [3.05, 3.63) is 34.1 Å². The molecule has 0 heterocycles. The lowest BCUT2D eigenvalue weighted by Gasteiger charge is -2.23. The highest BCUT2D eigenvalue weighted by atomic mass is 79.9. The van der Waals surface area contributed by atoms with Crippen LogP contribution in [-0.2, 0) is 0 Å². The molecule has 0 radical (unpaired) electrons. The van der Waals surface area contributed by atoms with Crippen LogP contribution in [0, 0.1) is 5.82 Å². The van der Waals surface area contributed by atoms with Crippen molar-refractivity contribution in [1.29, 1.82) is 0 Å². The van der Waals surface area contributed by atoms with E-state index in [4.69, 9.17) is 0 Å². The molecule has 0 aliphatic rings. The Hall–Kier alpha value is -0.420. The maximum absolute atomic E-state index is 13.1. The molecule has 1 atom stereocenters.